The third-order valence-corrected chi connectivity index (χ3v) is 4.13. The largest absolute Gasteiger partial charge is 0.480 e. The highest BCUT2D eigenvalue weighted by Gasteiger charge is 2.40. The normalized spacial score (nSPS) is 17.9. The maximum atomic E-state index is 10.6. The van der Waals surface area contributed by atoms with Gasteiger partial charge in [-0.05, 0) is 6.26 Å². The third-order valence-electron chi connectivity index (χ3n) is 1.40. The number of carboxylic acids is 1. The molecular weight excluding hydrogens is 293 g/mol. The number of hydrogen-bond acceptors (Lipinski definition) is 4. The highest BCUT2D eigenvalue weighted by Crippen LogP contribution is 2.18. The first kappa shape index (κ1) is 12.2. The van der Waals surface area contributed by atoms with E-state index >= 15 is 0 Å². The molecule has 0 bridgehead atoms. The van der Waals surface area contributed by atoms with Crippen LogP contribution in [-0.2, 0) is 9.59 Å². The Kier molecular flexibility index (Phi) is 5.10. The molecule has 0 heterocycles. The number of halogens is 1. The minimum absolute atomic E-state index is 0.294. The lowest BCUT2D eigenvalue weighted by atomic mass is 10.0. The van der Waals surface area contributed by atoms with Gasteiger partial charge in [0.05, 0.1) is 3.92 Å². The van der Waals surface area contributed by atoms with Gasteiger partial charge >= 0.3 is 5.97 Å². The molecule has 0 fully saturated rings. The van der Waals surface area contributed by atoms with Crippen molar-refractivity contribution in [3.05, 3.63) is 0 Å². The topological polar surface area (TPSA) is 80.4 Å². The van der Waals surface area contributed by atoms with Crippen molar-refractivity contribution in [1.29, 1.82) is 0 Å². The van der Waals surface area contributed by atoms with Gasteiger partial charge in [0, 0.05) is 5.75 Å². The standard InChI is InChI=1S/C6H10INO3S/c1-12-2-4(7)6(8,3-9)5(10)11/h3-4H,2,8H2,1H3,(H,10,11). The van der Waals surface area contributed by atoms with Crippen LogP contribution in [0.15, 0.2) is 0 Å². The number of carbonyl (C=O) groups excluding carboxylic acids is 1. The number of aliphatic carboxylic acids is 1. The van der Waals surface area contributed by atoms with Gasteiger partial charge in [-0.2, -0.15) is 11.8 Å². The van der Waals surface area contributed by atoms with E-state index in [1.165, 1.54) is 11.8 Å². The van der Waals surface area contributed by atoms with Gasteiger partial charge in [-0.3, -0.25) is 0 Å². The molecule has 3 N–H and O–H groups in total. The summed E-state index contributed by atoms with van der Waals surface area (Å²) < 4.78 is -0.389. The first-order valence-corrected chi connectivity index (χ1v) is 5.74. The second-order valence-corrected chi connectivity index (χ2v) is 4.69. The Bertz CT molecular complexity index is 190. The van der Waals surface area contributed by atoms with E-state index in [9.17, 15) is 9.59 Å². The van der Waals surface area contributed by atoms with Crippen molar-refractivity contribution in [3.8, 4) is 0 Å². The van der Waals surface area contributed by atoms with Crippen LogP contribution in [0.2, 0.25) is 0 Å². The summed E-state index contributed by atoms with van der Waals surface area (Å²) in [6, 6.07) is 0. The summed E-state index contributed by atoms with van der Waals surface area (Å²) in [6.07, 6.45) is 2.13. The van der Waals surface area contributed by atoms with E-state index in [0.29, 0.717) is 12.0 Å². The van der Waals surface area contributed by atoms with Crippen LogP contribution < -0.4 is 5.73 Å². The van der Waals surface area contributed by atoms with Gasteiger partial charge in [0.15, 0.2) is 11.8 Å². The predicted molar refractivity (Wildman–Crippen MR) is 56.8 cm³/mol. The average molecular weight is 303 g/mol. The van der Waals surface area contributed by atoms with Crippen LogP contribution in [0.3, 0.4) is 0 Å². The summed E-state index contributed by atoms with van der Waals surface area (Å²) in [5, 5.41) is 8.66. The van der Waals surface area contributed by atoms with Gasteiger partial charge < -0.3 is 15.6 Å². The van der Waals surface area contributed by atoms with E-state index in [1.54, 1.807) is 0 Å². The van der Waals surface area contributed by atoms with Gasteiger partial charge in [-0.25, -0.2) is 4.79 Å². The minimum Gasteiger partial charge on any atom is -0.480 e. The molecule has 0 rings (SSSR count). The van der Waals surface area contributed by atoms with Crippen molar-refractivity contribution in [2.45, 2.75) is 9.46 Å². The highest BCUT2D eigenvalue weighted by molar-refractivity contribution is 14.1. The SMILES string of the molecule is CSCC(I)C(N)(C=O)C(=O)O. The lowest BCUT2D eigenvalue weighted by Gasteiger charge is -2.22. The summed E-state index contributed by atoms with van der Waals surface area (Å²) in [5.41, 5.74) is 3.63. The number of alkyl halides is 1. The maximum absolute atomic E-state index is 10.6. The fourth-order valence-corrected chi connectivity index (χ4v) is 2.60. The Morgan fingerprint density at radius 2 is 2.42 bits per heavy atom. The number of nitrogens with two attached hydrogens (primary N) is 1. The molecule has 12 heavy (non-hydrogen) atoms. The van der Waals surface area contributed by atoms with Crippen molar-refractivity contribution in [1.82, 2.24) is 0 Å². The molecule has 0 aliphatic rings. The smallest absolute Gasteiger partial charge is 0.332 e. The summed E-state index contributed by atoms with van der Waals surface area (Å²) >= 11 is 3.34. The Morgan fingerprint density at radius 3 is 2.67 bits per heavy atom. The lowest BCUT2D eigenvalue weighted by Crippen LogP contribution is -2.57. The van der Waals surface area contributed by atoms with Crippen LogP contribution in [0, 0.1) is 0 Å². The van der Waals surface area contributed by atoms with E-state index in [2.05, 4.69) is 0 Å². The van der Waals surface area contributed by atoms with Gasteiger partial charge in [-0.15, -0.1) is 0 Å². The van der Waals surface area contributed by atoms with Gasteiger partial charge in [0.2, 0.25) is 0 Å². The van der Waals surface area contributed by atoms with Gasteiger partial charge in [-0.1, -0.05) is 22.6 Å². The molecule has 4 nitrogen and oxygen atoms in total. The fraction of sp³-hybridized carbons (Fsp3) is 0.667. The summed E-state index contributed by atoms with van der Waals surface area (Å²) in [7, 11) is 0. The Morgan fingerprint density at radius 1 is 1.92 bits per heavy atom. The van der Waals surface area contributed by atoms with E-state index in [0.717, 1.165) is 0 Å². The Labute approximate surface area is 88.4 Å². The number of hydrogen-bond donors (Lipinski definition) is 2. The zero-order chi connectivity index (χ0) is 9.78. The number of carboxylic acid groups (broad SMARTS) is 1. The molecule has 2 atom stereocenters. The summed E-state index contributed by atoms with van der Waals surface area (Å²) in [5.74, 6) is -0.729. The molecule has 0 spiro atoms. The van der Waals surface area contributed by atoms with Gasteiger partial charge in [0.1, 0.15) is 0 Å². The first-order valence-electron chi connectivity index (χ1n) is 3.10. The highest BCUT2D eigenvalue weighted by atomic mass is 127. The molecule has 0 aliphatic carbocycles. The van der Waals surface area contributed by atoms with Crippen molar-refractivity contribution < 1.29 is 14.7 Å². The van der Waals surface area contributed by atoms with E-state index in [4.69, 9.17) is 10.8 Å². The predicted octanol–water partition coefficient (Wildman–Crippen LogP) is 0.134. The summed E-state index contributed by atoms with van der Waals surface area (Å²) in [6.45, 7) is 0. The second kappa shape index (κ2) is 5.03. The molecule has 0 saturated carbocycles. The molecule has 6 heteroatoms. The third kappa shape index (κ3) is 2.60. The molecule has 0 amide bonds. The number of aldehydes is 1. The van der Waals surface area contributed by atoms with E-state index in [1.807, 2.05) is 28.8 Å². The second-order valence-electron chi connectivity index (χ2n) is 2.28. The van der Waals surface area contributed by atoms with E-state index in [-0.39, 0.29) is 3.92 Å². The van der Waals surface area contributed by atoms with Crippen molar-refractivity contribution in [3.63, 3.8) is 0 Å². The monoisotopic (exact) mass is 303 g/mol. The maximum Gasteiger partial charge on any atom is 0.332 e. The summed E-state index contributed by atoms with van der Waals surface area (Å²) in [4.78, 5) is 21.1. The zero-order valence-electron chi connectivity index (χ0n) is 6.49. The van der Waals surface area contributed by atoms with Gasteiger partial charge in [0.25, 0.3) is 0 Å². The molecule has 0 radical (unpaired) electrons. The van der Waals surface area contributed by atoms with Crippen molar-refractivity contribution in [2.24, 2.45) is 5.73 Å². The Hall–Kier alpha value is 0.180. The van der Waals surface area contributed by atoms with Crippen LogP contribution in [0.1, 0.15) is 0 Å². The van der Waals surface area contributed by atoms with Crippen molar-refractivity contribution >= 4 is 46.6 Å². The van der Waals surface area contributed by atoms with E-state index < -0.39 is 11.5 Å². The molecular formula is C6H10INO3S. The average Bonchev–Trinajstić information content (AvgIpc) is 2.03. The number of rotatable bonds is 5. The van der Waals surface area contributed by atoms with Crippen LogP contribution >= 0.6 is 34.4 Å². The minimum atomic E-state index is -1.75. The number of thioether (sulfide) groups is 1. The first-order chi connectivity index (χ1) is 5.49. The molecule has 0 aromatic rings. The molecule has 2 unspecified atom stereocenters. The van der Waals surface area contributed by atoms with Crippen LogP contribution in [0.5, 0.6) is 0 Å². The zero-order valence-corrected chi connectivity index (χ0v) is 9.46. The van der Waals surface area contributed by atoms with Crippen LogP contribution in [0.4, 0.5) is 0 Å². The molecule has 0 aliphatic heterocycles. The van der Waals surface area contributed by atoms with Crippen LogP contribution in [0.25, 0.3) is 0 Å². The Balaban J connectivity index is 4.50. The molecule has 0 aromatic carbocycles. The lowest BCUT2D eigenvalue weighted by molar-refractivity contribution is -0.144. The number of carbonyl (C=O) groups is 2. The molecule has 0 aromatic heterocycles. The van der Waals surface area contributed by atoms with Crippen LogP contribution in [-0.4, -0.2) is 38.8 Å². The van der Waals surface area contributed by atoms with Crippen molar-refractivity contribution in [2.75, 3.05) is 12.0 Å². The quantitative estimate of drug-likeness (QED) is 0.327. The molecule has 0 saturated heterocycles. The molecule has 70 valence electrons. The fourth-order valence-electron chi connectivity index (χ4n) is 0.542.